The van der Waals surface area contributed by atoms with Gasteiger partial charge in [-0.1, -0.05) is 12.5 Å². The molecular formula is C7H16N2. The number of hydrazine groups is 1. The normalized spacial score (nSPS) is 11.8. The lowest BCUT2D eigenvalue weighted by Gasteiger charge is -2.12. The van der Waals surface area contributed by atoms with Gasteiger partial charge < -0.3 is 5.01 Å². The zero-order chi connectivity index (χ0) is 7.28. The molecule has 0 spiro atoms. The second kappa shape index (κ2) is 4.39. The molecule has 0 fully saturated rings. The fraction of sp³-hybridized carbons (Fsp3) is 0.714. The van der Waals surface area contributed by atoms with Gasteiger partial charge in [-0.25, -0.2) is 5.43 Å². The van der Waals surface area contributed by atoms with Gasteiger partial charge in [0.2, 0.25) is 0 Å². The van der Waals surface area contributed by atoms with E-state index in [1.807, 2.05) is 19.1 Å². The van der Waals surface area contributed by atoms with Gasteiger partial charge in [-0.2, -0.15) is 0 Å². The van der Waals surface area contributed by atoms with Gasteiger partial charge >= 0.3 is 0 Å². The van der Waals surface area contributed by atoms with Crippen LogP contribution in [0.4, 0.5) is 0 Å². The lowest BCUT2D eigenvalue weighted by Crippen LogP contribution is -2.25. The van der Waals surface area contributed by atoms with Crippen LogP contribution in [0.15, 0.2) is 11.8 Å². The van der Waals surface area contributed by atoms with E-state index >= 15 is 0 Å². The van der Waals surface area contributed by atoms with Crippen molar-refractivity contribution in [1.29, 1.82) is 0 Å². The molecule has 0 radical (unpaired) electrons. The van der Waals surface area contributed by atoms with Crippen molar-refractivity contribution in [2.75, 3.05) is 14.1 Å². The molecule has 2 heteroatoms. The van der Waals surface area contributed by atoms with Gasteiger partial charge in [-0.3, -0.25) is 0 Å². The van der Waals surface area contributed by atoms with Gasteiger partial charge in [0, 0.05) is 20.3 Å². The number of allylic oxidation sites excluding steroid dienone is 1. The molecule has 0 aliphatic carbocycles. The molecule has 0 aromatic carbocycles. The molecule has 9 heavy (non-hydrogen) atoms. The average Bonchev–Trinajstić information content (AvgIpc) is 1.87. The third-order valence-electron chi connectivity index (χ3n) is 1.32. The van der Waals surface area contributed by atoms with Crippen molar-refractivity contribution in [3.05, 3.63) is 11.8 Å². The zero-order valence-corrected chi connectivity index (χ0v) is 6.73. The number of hydrogen-bond donors (Lipinski definition) is 1. The molecule has 0 saturated heterocycles. The van der Waals surface area contributed by atoms with Crippen molar-refractivity contribution in [3.63, 3.8) is 0 Å². The summed E-state index contributed by atoms with van der Waals surface area (Å²) < 4.78 is 0. The molecule has 0 aromatic heterocycles. The smallest absolute Gasteiger partial charge is 0.0225 e. The summed E-state index contributed by atoms with van der Waals surface area (Å²) in [6, 6.07) is 0. The number of rotatable bonds is 3. The Hall–Kier alpha value is -0.500. The molecule has 0 heterocycles. The van der Waals surface area contributed by atoms with Crippen LogP contribution >= 0.6 is 0 Å². The molecule has 1 N–H and O–H groups in total. The van der Waals surface area contributed by atoms with Crippen molar-refractivity contribution in [3.8, 4) is 0 Å². The summed E-state index contributed by atoms with van der Waals surface area (Å²) in [6.45, 7) is 4.27. The van der Waals surface area contributed by atoms with Crippen LogP contribution in [0.5, 0.6) is 0 Å². The van der Waals surface area contributed by atoms with E-state index in [9.17, 15) is 0 Å². The van der Waals surface area contributed by atoms with Crippen LogP contribution < -0.4 is 5.43 Å². The van der Waals surface area contributed by atoms with E-state index < -0.39 is 0 Å². The Labute approximate surface area is 57.5 Å². The zero-order valence-electron chi connectivity index (χ0n) is 6.73. The van der Waals surface area contributed by atoms with Crippen molar-refractivity contribution < 1.29 is 0 Å². The van der Waals surface area contributed by atoms with E-state index in [0.717, 1.165) is 6.42 Å². The number of nitrogens with zero attached hydrogens (tertiary/aromatic N) is 1. The lowest BCUT2D eigenvalue weighted by molar-refractivity contribution is 0.361. The molecule has 0 rings (SSSR count). The molecule has 0 aliphatic rings. The quantitative estimate of drug-likeness (QED) is 0.577. The van der Waals surface area contributed by atoms with Crippen LogP contribution in [0.1, 0.15) is 20.3 Å². The minimum atomic E-state index is 1.12. The summed E-state index contributed by atoms with van der Waals surface area (Å²) in [5, 5.41) is 1.94. The monoisotopic (exact) mass is 128 g/mol. The van der Waals surface area contributed by atoms with Crippen LogP contribution in [-0.2, 0) is 0 Å². The number of nitrogens with one attached hydrogen (secondary N) is 1. The van der Waals surface area contributed by atoms with E-state index in [2.05, 4.69) is 25.5 Å². The Morgan fingerprint density at radius 2 is 2.22 bits per heavy atom. The second-order valence-corrected chi connectivity index (χ2v) is 2.16. The average molecular weight is 128 g/mol. The maximum atomic E-state index is 2.99. The first-order valence-electron chi connectivity index (χ1n) is 3.28. The van der Waals surface area contributed by atoms with Gasteiger partial charge in [0.15, 0.2) is 0 Å². The molecule has 0 saturated carbocycles. The maximum absolute atomic E-state index is 2.99. The van der Waals surface area contributed by atoms with E-state index in [1.165, 1.54) is 5.57 Å². The lowest BCUT2D eigenvalue weighted by atomic mass is 10.3. The summed E-state index contributed by atoms with van der Waals surface area (Å²) in [5.74, 6) is 0. The highest BCUT2D eigenvalue weighted by Gasteiger charge is 1.85. The minimum absolute atomic E-state index is 1.12. The maximum Gasteiger partial charge on any atom is 0.0225 e. The second-order valence-electron chi connectivity index (χ2n) is 2.16. The third kappa shape index (κ3) is 4.03. The molecule has 0 unspecified atom stereocenters. The van der Waals surface area contributed by atoms with Crippen LogP contribution in [0.2, 0.25) is 0 Å². The van der Waals surface area contributed by atoms with Crippen LogP contribution in [-0.4, -0.2) is 19.1 Å². The fourth-order valence-electron chi connectivity index (χ4n) is 0.486. The molecule has 0 amide bonds. The van der Waals surface area contributed by atoms with Crippen molar-refractivity contribution in [1.82, 2.24) is 10.4 Å². The van der Waals surface area contributed by atoms with Gasteiger partial charge in [0.05, 0.1) is 0 Å². The SMILES string of the molecule is CC/C(C)=C/N(C)NC. The topological polar surface area (TPSA) is 15.3 Å². The van der Waals surface area contributed by atoms with Crippen molar-refractivity contribution in [2.45, 2.75) is 20.3 Å². The highest BCUT2D eigenvalue weighted by Crippen LogP contribution is 1.96. The van der Waals surface area contributed by atoms with Gasteiger partial charge in [-0.05, 0) is 13.3 Å². The van der Waals surface area contributed by atoms with E-state index in [4.69, 9.17) is 0 Å². The summed E-state index contributed by atoms with van der Waals surface area (Å²) in [7, 11) is 3.89. The predicted molar refractivity (Wildman–Crippen MR) is 40.9 cm³/mol. The van der Waals surface area contributed by atoms with E-state index in [1.54, 1.807) is 0 Å². The molecule has 0 aromatic rings. The minimum Gasteiger partial charge on any atom is -0.319 e. The summed E-state index contributed by atoms with van der Waals surface area (Å²) in [6.07, 6.45) is 3.20. The van der Waals surface area contributed by atoms with Crippen LogP contribution in [0, 0.1) is 0 Å². The molecule has 0 aliphatic heterocycles. The van der Waals surface area contributed by atoms with Gasteiger partial charge in [-0.15, -0.1) is 0 Å². The van der Waals surface area contributed by atoms with Crippen LogP contribution in [0.25, 0.3) is 0 Å². The predicted octanol–water partition coefficient (Wildman–Crippen LogP) is 1.37. The van der Waals surface area contributed by atoms with E-state index in [-0.39, 0.29) is 0 Å². The van der Waals surface area contributed by atoms with Crippen molar-refractivity contribution >= 4 is 0 Å². The summed E-state index contributed by atoms with van der Waals surface area (Å²) >= 11 is 0. The first-order valence-corrected chi connectivity index (χ1v) is 3.28. The Morgan fingerprint density at radius 3 is 2.56 bits per heavy atom. The largest absolute Gasteiger partial charge is 0.319 e. The Bertz CT molecular complexity index is 97.1. The number of hydrogen-bond acceptors (Lipinski definition) is 2. The fourth-order valence-corrected chi connectivity index (χ4v) is 0.486. The first-order chi connectivity index (χ1) is 4.20. The molecule has 0 atom stereocenters. The summed E-state index contributed by atoms with van der Waals surface area (Å²) in [4.78, 5) is 0. The van der Waals surface area contributed by atoms with E-state index in [0.29, 0.717) is 0 Å². The first kappa shape index (κ1) is 8.50. The molecule has 0 bridgehead atoms. The highest BCUT2D eigenvalue weighted by atomic mass is 15.5. The Kier molecular flexibility index (Phi) is 4.14. The highest BCUT2D eigenvalue weighted by molar-refractivity contribution is 4.94. The standard InChI is InChI=1S/C7H16N2/c1-5-7(2)6-9(4)8-3/h6,8H,5H2,1-4H3/b7-6+. The Morgan fingerprint density at radius 1 is 1.67 bits per heavy atom. The summed E-state index contributed by atoms with van der Waals surface area (Å²) in [5.41, 5.74) is 4.37. The molecular weight excluding hydrogens is 112 g/mol. The molecule has 2 nitrogen and oxygen atoms in total. The third-order valence-corrected chi connectivity index (χ3v) is 1.32. The van der Waals surface area contributed by atoms with Gasteiger partial charge in [0.1, 0.15) is 0 Å². The van der Waals surface area contributed by atoms with Crippen molar-refractivity contribution in [2.24, 2.45) is 0 Å². The van der Waals surface area contributed by atoms with Crippen LogP contribution in [0.3, 0.4) is 0 Å². The van der Waals surface area contributed by atoms with Gasteiger partial charge in [0.25, 0.3) is 0 Å². The Balaban J connectivity index is 3.64. The molecule has 54 valence electrons.